The van der Waals surface area contributed by atoms with Crippen LogP contribution in [0.25, 0.3) is 6.08 Å². The fourth-order valence-corrected chi connectivity index (χ4v) is 4.70. The molecule has 10 heteroatoms. The first-order chi connectivity index (χ1) is 21.2. The van der Waals surface area contributed by atoms with Gasteiger partial charge in [-0.3, -0.25) is 9.59 Å². The predicted octanol–water partition coefficient (Wildman–Crippen LogP) is 4.60. The number of unbranched alkanes of at least 4 members (excludes halogenated alkanes) is 3. The summed E-state index contributed by atoms with van der Waals surface area (Å²) in [7, 11) is 1.29. The third kappa shape index (κ3) is 8.62. The van der Waals surface area contributed by atoms with Gasteiger partial charge in [0, 0.05) is 6.08 Å². The number of hydrogen-bond acceptors (Lipinski definition) is 9. The SMILES string of the molecule is COC(=O)/C=C/c1ccc(C(=O)OCCCCCCOC(=O)C(C(=O)O)(C(N)c2ccccc2)C(N)c2ccccc2)cc1. The number of carbonyl (C=O) groups excluding carboxylic acids is 3. The molecule has 3 aromatic carbocycles. The van der Waals surface area contributed by atoms with Crippen LogP contribution in [-0.4, -0.2) is 49.3 Å². The highest BCUT2D eigenvalue weighted by Crippen LogP contribution is 2.43. The third-order valence-electron chi connectivity index (χ3n) is 7.25. The summed E-state index contributed by atoms with van der Waals surface area (Å²) in [5.41, 5.74) is 12.7. The van der Waals surface area contributed by atoms with E-state index in [-0.39, 0.29) is 13.2 Å². The van der Waals surface area contributed by atoms with E-state index in [0.717, 1.165) is 5.56 Å². The van der Waals surface area contributed by atoms with Gasteiger partial charge in [0.1, 0.15) is 0 Å². The Balaban J connectivity index is 1.50. The monoisotopic (exact) mass is 602 g/mol. The van der Waals surface area contributed by atoms with Gasteiger partial charge in [0.15, 0.2) is 0 Å². The van der Waals surface area contributed by atoms with Crippen molar-refractivity contribution in [3.8, 4) is 0 Å². The number of carboxylic acids is 1. The minimum atomic E-state index is -2.27. The number of ether oxygens (including phenoxy) is 3. The summed E-state index contributed by atoms with van der Waals surface area (Å²) < 4.78 is 15.4. The van der Waals surface area contributed by atoms with Gasteiger partial charge in [0.2, 0.25) is 5.41 Å². The molecule has 2 atom stereocenters. The van der Waals surface area contributed by atoms with E-state index in [0.29, 0.717) is 42.4 Å². The second-order valence-corrected chi connectivity index (χ2v) is 10.1. The largest absolute Gasteiger partial charge is 0.480 e. The van der Waals surface area contributed by atoms with Gasteiger partial charge in [-0.2, -0.15) is 0 Å². The van der Waals surface area contributed by atoms with Gasteiger partial charge in [0.05, 0.1) is 38.0 Å². The topological polar surface area (TPSA) is 168 Å². The highest BCUT2D eigenvalue weighted by atomic mass is 16.5. The number of carbonyl (C=O) groups is 4. The van der Waals surface area contributed by atoms with E-state index in [1.54, 1.807) is 91.0 Å². The van der Waals surface area contributed by atoms with E-state index in [1.807, 2.05) is 0 Å². The second-order valence-electron chi connectivity index (χ2n) is 10.1. The van der Waals surface area contributed by atoms with Crippen LogP contribution in [0.1, 0.15) is 64.8 Å². The second kappa shape index (κ2) is 16.7. The Kier molecular flexibility index (Phi) is 12.8. The molecule has 0 fully saturated rings. The number of esters is 3. The first kappa shape index (κ1) is 33.7. The normalized spacial score (nSPS) is 13.8. The fourth-order valence-electron chi connectivity index (χ4n) is 4.70. The minimum Gasteiger partial charge on any atom is -0.480 e. The summed E-state index contributed by atoms with van der Waals surface area (Å²) in [6.45, 7) is 0.191. The molecule has 0 heterocycles. The molecule has 10 nitrogen and oxygen atoms in total. The summed E-state index contributed by atoms with van der Waals surface area (Å²) in [4.78, 5) is 49.9. The van der Waals surface area contributed by atoms with Gasteiger partial charge >= 0.3 is 23.9 Å². The number of methoxy groups -OCH3 is 1. The van der Waals surface area contributed by atoms with Crippen molar-refractivity contribution in [2.45, 2.75) is 37.8 Å². The number of rotatable bonds is 16. The van der Waals surface area contributed by atoms with Crippen LogP contribution < -0.4 is 11.5 Å². The van der Waals surface area contributed by atoms with Gasteiger partial charge in [-0.15, -0.1) is 0 Å². The number of benzene rings is 3. The van der Waals surface area contributed by atoms with Crippen LogP contribution in [0.15, 0.2) is 91.0 Å². The van der Waals surface area contributed by atoms with Crippen molar-refractivity contribution in [2.75, 3.05) is 20.3 Å². The van der Waals surface area contributed by atoms with Crippen molar-refractivity contribution in [3.05, 3.63) is 113 Å². The average Bonchev–Trinajstić information content (AvgIpc) is 3.05. The van der Waals surface area contributed by atoms with Crippen molar-refractivity contribution < 1.29 is 38.5 Å². The molecule has 0 aromatic heterocycles. The quantitative estimate of drug-likeness (QED) is 0.0692. The maximum atomic E-state index is 13.5. The number of hydrogen-bond donors (Lipinski definition) is 3. The molecule has 2 unspecified atom stereocenters. The molecule has 44 heavy (non-hydrogen) atoms. The van der Waals surface area contributed by atoms with Crippen LogP contribution in [0, 0.1) is 5.41 Å². The molecule has 0 amide bonds. The Morgan fingerprint density at radius 2 is 1.25 bits per heavy atom. The van der Waals surface area contributed by atoms with Crippen molar-refractivity contribution in [2.24, 2.45) is 16.9 Å². The highest BCUT2D eigenvalue weighted by Gasteiger charge is 2.58. The summed E-state index contributed by atoms with van der Waals surface area (Å²) in [6.07, 6.45) is 5.28. The summed E-state index contributed by atoms with van der Waals surface area (Å²) in [6, 6.07) is 21.0. The molecular formula is C34H38N2O8. The van der Waals surface area contributed by atoms with E-state index >= 15 is 0 Å². The highest BCUT2D eigenvalue weighted by molar-refractivity contribution is 6.01. The average molecular weight is 603 g/mol. The van der Waals surface area contributed by atoms with Gasteiger partial charge in [-0.05, 0) is 60.6 Å². The van der Waals surface area contributed by atoms with Crippen molar-refractivity contribution in [3.63, 3.8) is 0 Å². The van der Waals surface area contributed by atoms with Gasteiger partial charge in [-0.25, -0.2) is 9.59 Å². The summed E-state index contributed by atoms with van der Waals surface area (Å²) in [5, 5.41) is 10.4. The maximum Gasteiger partial charge on any atom is 0.338 e. The smallest absolute Gasteiger partial charge is 0.338 e. The maximum absolute atomic E-state index is 13.5. The Bertz CT molecular complexity index is 1360. The minimum absolute atomic E-state index is 0.0204. The number of aliphatic carboxylic acids is 1. The van der Waals surface area contributed by atoms with Crippen molar-refractivity contribution in [1.82, 2.24) is 0 Å². The van der Waals surface area contributed by atoms with E-state index in [4.69, 9.17) is 20.9 Å². The molecule has 0 aliphatic carbocycles. The molecule has 3 aromatic rings. The lowest BCUT2D eigenvalue weighted by Crippen LogP contribution is -2.55. The third-order valence-corrected chi connectivity index (χ3v) is 7.25. The van der Waals surface area contributed by atoms with E-state index in [2.05, 4.69) is 4.74 Å². The lowest BCUT2D eigenvalue weighted by molar-refractivity contribution is -0.173. The Hall–Kier alpha value is -4.80. The molecule has 0 aliphatic heterocycles. The van der Waals surface area contributed by atoms with Crippen molar-refractivity contribution >= 4 is 30.0 Å². The predicted molar refractivity (Wildman–Crippen MR) is 164 cm³/mol. The first-order valence-corrected chi connectivity index (χ1v) is 14.3. The van der Waals surface area contributed by atoms with Crippen LogP contribution in [0.4, 0.5) is 0 Å². The number of carboxylic acid groups (broad SMARTS) is 1. The van der Waals surface area contributed by atoms with Crippen LogP contribution >= 0.6 is 0 Å². The molecule has 0 aliphatic rings. The fraction of sp³-hybridized carbons (Fsp3) is 0.294. The lowest BCUT2D eigenvalue weighted by atomic mass is 9.69. The van der Waals surface area contributed by atoms with Gasteiger partial charge in [-0.1, -0.05) is 72.8 Å². The zero-order chi connectivity index (χ0) is 32.0. The van der Waals surface area contributed by atoms with E-state index in [9.17, 15) is 24.3 Å². The van der Waals surface area contributed by atoms with Gasteiger partial charge in [0.25, 0.3) is 0 Å². The Labute approximate surface area is 256 Å². The molecule has 0 radical (unpaired) electrons. The summed E-state index contributed by atoms with van der Waals surface area (Å²) in [5.74, 6) is -3.40. The molecule has 0 bridgehead atoms. The van der Waals surface area contributed by atoms with Crippen molar-refractivity contribution in [1.29, 1.82) is 0 Å². The Morgan fingerprint density at radius 3 is 1.73 bits per heavy atom. The van der Waals surface area contributed by atoms with E-state index in [1.165, 1.54) is 13.2 Å². The zero-order valence-corrected chi connectivity index (χ0v) is 24.6. The Morgan fingerprint density at radius 1 is 0.750 bits per heavy atom. The molecule has 0 spiro atoms. The van der Waals surface area contributed by atoms with Gasteiger partial charge < -0.3 is 30.8 Å². The van der Waals surface area contributed by atoms with Crippen LogP contribution in [0.3, 0.4) is 0 Å². The van der Waals surface area contributed by atoms with Crippen LogP contribution in [-0.2, 0) is 28.6 Å². The molecule has 3 rings (SSSR count). The molecule has 232 valence electrons. The molecule has 5 N–H and O–H groups in total. The molecular weight excluding hydrogens is 564 g/mol. The van der Waals surface area contributed by atoms with E-state index < -0.39 is 41.4 Å². The van der Waals surface area contributed by atoms with Crippen LogP contribution in [0.2, 0.25) is 0 Å². The number of nitrogens with two attached hydrogens (primary N) is 2. The summed E-state index contributed by atoms with van der Waals surface area (Å²) >= 11 is 0. The lowest BCUT2D eigenvalue weighted by Gasteiger charge is -2.37. The molecule has 0 saturated heterocycles. The first-order valence-electron chi connectivity index (χ1n) is 14.3. The molecule has 0 saturated carbocycles. The van der Waals surface area contributed by atoms with Crippen LogP contribution in [0.5, 0.6) is 0 Å². The standard InChI is InChI=1S/C34H38N2O8/c1-42-28(37)21-18-24-16-19-27(20-17-24)31(38)43-22-10-2-3-11-23-44-33(41)34(32(39)40,29(35)25-12-6-4-7-13-25)30(36)26-14-8-5-9-15-26/h4-9,12-21,29-30H,2-3,10-11,22-23,35-36H2,1H3,(H,39,40)/b21-18+. The zero-order valence-electron chi connectivity index (χ0n) is 24.6.